The van der Waals surface area contributed by atoms with Crippen LogP contribution in [0.15, 0.2) is 60.2 Å². The molecular weight excluding hydrogens is 348 g/mol. The van der Waals surface area contributed by atoms with Crippen LogP contribution in [0.4, 0.5) is 10.5 Å². The van der Waals surface area contributed by atoms with Gasteiger partial charge in [-0.1, -0.05) is 11.6 Å². The van der Waals surface area contributed by atoms with E-state index in [2.05, 4.69) is 16.2 Å². The van der Waals surface area contributed by atoms with Crippen LogP contribution in [0.3, 0.4) is 0 Å². The number of urea groups is 1. The zero-order chi connectivity index (χ0) is 16.9. The molecule has 0 spiro atoms. The van der Waals surface area contributed by atoms with Crippen molar-refractivity contribution in [1.82, 2.24) is 15.4 Å². The molecule has 0 aliphatic heterocycles. The molecule has 0 unspecified atom stereocenters. The van der Waals surface area contributed by atoms with Crippen molar-refractivity contribution in [3.63, 3.8) is 0 Å². The zero-order valence-electron chi connectivity index (χ0n) is 12.3. The minimum atomic E-state index is -0.551. The number of hydrogen-bond acceptors (Lipinski definition) is 3. The number of carbonyl (C=O) groups is 2. The lowest BCUT2D eigenvalue weighted by molar-refractivity contribution is 0.0942. The molecule has 3 N–H and O–H groups in total. The van der Waals surface area contributed by atoms with Gasteiger partial charge in [-0.2, -0.15) is 0 Å². The van der Waals surface area contributed by atoms with E-state index >= 15 is 0 Å². The standard InChI is InChI=1S/C16H13ClN4O2S/c17-11-3-5-12(6-4-11)18-16(23)20-19-15(22)14-13(7-10-24-14)21-8-1-2-9-21/h1-10H,(H,19,22)(H2,18,20,23). The summed E-state index contributed by atoms with van der Waals surface area (Å²) in [5.41, 5.74) is 6.03. The van der Waals surface area contributed by atoms with Crippen molar-refractivity contribution >= 4 is 40.6 Å². The Morgan fingerprint density at radius 1 is 1.00 bits per heavy atom. The Balaban J connectivity index is 1.59. The Labute approximate surface area is 147 Å². The second-order valence-electron chi connectivity index (χ2n) is 4.77. The van der Waals surface area contributed by atoms with E-state index in [0.29, 0.717) is 15.6 Å². The van der Waals surface area contributed by atoms with E-state index in [0.717, 1.165) is 5.69 Å². The molecule has 6 nitrogen and oxygen atoms in total. The molecule has 0 bridgehead atoms. The van der Waals surface area contributed by atoms with E-state index in [1.54, 1.807) is 24.3 Å². The first-order valence-corrected chi connectivity index (χ1v) is 8.23. The number of carbonyl (C=O) groups excluding carboxylic acids is 2. The van der Waals surface area contributed by atoms with Crippen molar-refractivity contribution in [3.8, 4) is 5.69 Å². The summed E-state index contributed by atoms with van der Waals surface area (Å²) in [5, 5.41) is 4.98. The second-order valence-corrected chi connectivity index (χ2v) is 6.12. The number of amides is 3. The minimum absolute atomic E-state index is 0.389. The number of hydrogen-bond donors (Lipinski definition) is 3. The Kier molecular flexibility index (Phi) is 4.83. The number of hydrazine groups is 1. The first kappa shape index (κ1) is 16.1. The Morgan fingerprint density at radius 2 is 1.71 bits per heavy atom. The van der Waals surface area contributed by atoms with Crippen molar-refractivity contribution in [2.45, 2.75) is 0 Å². The van der Waals surface area contributed by atoms with Gasteiger partial charge < -0.3 is 9.88 Å². The monoisotopic (exact) mass is 360 g/mol. The third kappa shape index (κ3) is 3.76. The maximum atomic E-state index is 12.2. The van der Waals surface area contributed by atoms with Gasteiger partial charge in [0.05, 0.1) is 5.69 Å². The van der Waals surface area contributed by atoms with E-state index in [-0.39, 0.29) is 5.91 Å². The van der Waals surface area contributed by atoms with Gasteiger partial charge in [-0.15, -0.1) is 11.3 Å². The van der Waals surface area contributed by atoms with Crippen LogP contribution in [0.5, 0.6) is 0 Å². The highest BCUT2D eigenvalue weighted by atomic mass is 35.5. The van der Waals surface area contributed by atoms with Crippen molar-refractivity contribution in [2.75, 3.05) is 5.32 Å². The largest absolute Gasteiger partial charge is 0.337 e. The fourth-order valence-electron chi connectivity index (χ4n) is 2.04. The predicted octanol–water partition coefficient (Wildman–Crippen LogP) is 3.66. The van der Waals surface area contributed by atoms with Gasteiger partial charge in [0.1, 0.15) is 4.88 Å². The van der Waals surface area contributed by atoms with Gasteiger partial charge in [0.2, 0.25) is 0 Å². The molecule has 24 heavy (non-hydrogen) atoms. The van der Waals surface area contributed by atoms with Gasteiger partial charge in [-0.25, -0.2) is 10.2 Å². The topological polar surface area (TPSA) is 75.2 Å². The van der Waals surface area contributed by atoms with E-state index in [9.17, 15) is 9.59 Å². The second kappa shape index (κ2) is 7.20. The van der Waals surface area contributed by atoms with Crippen LogP contribution in [0, 0.1) is 0 Å². The van der Waals surface area contributed by atoms with Crippen LogP contribution in [0.1, 0.15) is 9.67 Å². The number of nitrogens with one attached hydrogen (secondary N) is 3. The van der Waals surface area contributed by atoms with Crippen LogP contribution in [-0.4, -0.2) is 16.5 Å². The van der Waals surface area contributed by atoms with Gasteiger partial charge in [0, 0.05) is 23.1 Å². The number of rotatable bonds is 3. The maximum absolute atomic E-state index is 12.2. The number of aromatic nitrogens is 1. The molecule has 3 aromatic rings. The summed E-state index contributed by atoms with van der Waals surface area (Å²) in [7, 11) is 0. The van der Waals surface area contributed by atoms with Crippen LogP contribution in [0.2, 0.25) is 5.02 Å². The summed E-state index contributed by atoms with van der Waals surface area (Å²) in [4.78, 5) is 24.6. The fourth-order valence-corrected chi connectivity index (χ4v) is 2.95. The van der Waals surface area contributed by atoms with Crippen LogP contribution >= 0.6 is 22.9 Å². The highest BCUT2D eigenvalue weighted by Gasteiger charge is 2.14. The number of nitrogens with zero attached hydrogens (tertiary/aromatic N) is 1. The third-order valence-corrected chi connectivity index (χ3v) is 4.28. The summed E-state index contributed by atoms with van der Waals surface area (Å²) < 4.78 is 1.83. The Bertz CT molecular complexity index is 843. The maximum Gasteiger partial charge on any atom is 0.337 e. The van der Waals surface area contributed by atoms with E-state index in [1.165, 1.54) is 11.3 Å². The first-order chi connectivity index (χ1) is 11.6. The van der Waals surface area contributed by atoms with Crippen molar-refractivity contribution < 1.29 is 9.59 Å². The normalized spacial score (nSPS) is 10.2. The fraction of sp³-hybridized carbons (Fsp3) is 0. The van der Waals surface area contributed by atoms with Gasteiger partial charge in [0.15, 0.2) is 0 Å². The summed E-state index contributed by atoms with van der Waals surface area (Å²) in [6.45, 7) is 0. The predicted molar refractivity (Wildman–Crippen MR) is 94.7 cm³/mol. The van der Waals surface area contributed by atoms with Crippen LogP contribution in [-0.2, 0) is 0 Å². The summed E-state index contributed by atoms with van der Waals surface area (Å²) in [5.74, 6) is -0.389. The molecule has 0 aliphatic rings. The summed E-state index contributed by atoms with van der Waals surface area (Å²) in [6.07, 6.45) is 3.69. The van der Waals surface area contributed by atoms with Crippen molar-refractivity contribution in [3.05, 3.63) is 70.1 Å². The number of halogens is 1. The quantitative estimate of drug-likeness (QED) is 0.623. The highest BCUT2D eigenvalue weighted by molar-refractivity contribution is 7.12. The molecule has 0 radical (unpaired) electrons. The Morgan fingerprint density at radius 3 is 2.42 bits per heavy atom. The summed E-state index contributed by atoms with van der Waals surface area (Å²) in [6, 6.07) is 11.7. The molecule has 122 valence electrons. The molecule has 8 heteroatoms. The molecule has 0 aliphatic carbocycles. The first-order valence-electron chi connectivity index (χ1n) is 6.97. The van der Waals surface area contributed by atoms with Crippen LogP contribution in [0.25, 0.3) is 5.69 Å². The number of thiophene rings is 1. The molecule has 0 saturated heterocycles. The smallest absolute Gasteiger partial charge is 0.322 e. The zero-order valence-corrected chi connectivity index (χ0v) is 13.9. The molecule has 0 saturated carbocycles. The molecule has 2 heterocycles. The average molecular weight is 361 g/mol. The lowest BCUT2D eigenvalue weighted by Gasteiger charge is -2.09. The SMILES string of the molecule is O=C(NNC(=O)c1sccc1-n1cccc1)Nc1ccc(Cl)cc1. The molecule has 0 atom stereocenters. The number of benzene rings is 1. The highest BCUT2D eigenvalue weighted by Crippen LogP contribution is 2.21. The van der Waals surface area contributed by atoms with Gasteiger partial charge in [-0.3, -0.25) is 10.2 Å². The minimum Gasteiger partial charge on any atom is -0.322 e. The number of anilines is 1. The van der Waals surface area contributed by atoms with Crippen LogP contribution < -0.4 is 16.2 Å². The van der Waals surface area contributed by atoms with Crippen molar-refractivity contribution in [2.24, 2.45) is 0 Å². The molecule has 0 fully saturated rings. The lowest BCUT2D eigenvalue weighted by Crippen LogP contribution is -2.43. The van der Waals surface area contributed by atoms with E-state index < -0.39 is 6.03 Å². The average Bonchev–Trinajstić information content (AvgIpc) is 3.25. The van der Waals surface area contributed by atoms with Gasteiger partial charge >= 0.3 is 6.03 Å². The molecule has 3 rings (SSSR count). The third-order valence-electron chi connectivity index (χ3n) is 3.12. The van der Waals surface area contributed by atoms with Gasteiger partial charge in [-0.05, 0) is 47.8 Å². The molecule has 2 aromatic heterocycles. The Hall–Kier alpha value is -2.77. The molecule has 1 aromatic carbocycles. The molecule has 3 amide bonds. The van der Waals surface area contributed by atoms with Gasteiger partial charge in [0.25, 0.3) is 5.91 Å². The lowest BCUT2D eigenvalue weighted by atomic mass is 10.3. The van der Waals surface area contributed by atoms with E-state index in [1.807, 2.05) is 40.5 Å². The van der Waals surface area contributed by atoms with E-state index in [4.69, 9.17) is 11.6 Å². The molecular formula is C16H13ClN4O2S. The van der Waals surface area contributed by atoms with Crippen molar-refractivity contribution in [1.29, 1.82) is 0 Å². The summed E-state index contributed by atoms with van der Waals surface area (Å²) >= 11 is 7.07.